The van der Waals surface area contributed by atoms with Gasteiger partial charge in [-0.2, -0.15) is 4.31 Å². The number of carbonyl (C=O) groups is 1. The first kappa shape index (κ1) is 20.8. The Bertz CT molecular complexity index is 1000. The third kappa shape index (κ3) is 3.81. The highest BCUT2D eigenvalue weighted by Gasteiger charge is 2.33. The Morgan fingerprint density at radius 3 is 2.04 bits per heavy atom. The van der Waals surface area contributed by atoms with Crippen LogP contribution < -0.4 is 0 Å². The number of amides is 1. The Kier molecular flexibility index (Phi) is 5.84. The fraction of sp³-hybridized carbons (Fsp3) is 0.381. The first-order valence-corrected chi connectivity index (χ1v) is 11.1. The third-order valence-corrected chi connectivity index (χ3v) is 7.90. The minimum Gasteiger partial charge on any atom is -0.336 e. The number of halogens is 1. The van der Waals surface area contributed by atoms with E-state index in [4.69, 9.17) is 11.6 Å². The highest BCUT2D eigenvalue weighted by Crippen LogP contribution is 2.29. The van der Waals surface area contributed by atoms with E-state index in [1.54, 1.807) is 29.2 Å². The predicted octanol–water partition coefficient (Wildman–Crippen LogP) is 3.72. The summed E-state index contributed by atoms with van der Waals surface area (Å²) in [6.45, 7) is 8.84. The van der Waals surface area contributed by atoms with Crippen LogP contribution in [0.5, 0.6) is 0 Å². The van der Waals surface area contributed by atoms with Crippen molar-refractivity contribution < 1.29 is 13.2 Å². The van der Waals surface area contributed by atoms with Gasteiger partial charge in [0.2, 0.25) is 10.0 Å². The van der Waals surface area contributed by atoms with Gasteiger partial charge in [-0.05, 0) is 68.1 Å². The predicted molar refractivity (Wildman–Crippen MR) is 112 cm³/mol. The fourth-order valence-corrected chi connectivity index (χ4v) is 5.82. The highest BCUT2D eigenvalue weighted by atomic mass is 35.5. The number of benzene rings is 2. The lowest BCUT2D eigenvalue weighted by Gasteiger charge is -2.35. The van der Waals surface area contributed by atoms with E-state index in [1.807, 2.05) is 33.8 Å². The molecule has 1 aliphatic heterocycles. The lowest BCUT2D eigenvalue weighted by atomic mass is 10.0. The number of aryl methyl sites for hydroxylation is 2. The van der Waals surface area contributed by atoms with Crippen LogP contribution in [0.2, 0.25) is 5.02 Å². The molecule has 5 nitrogen and oxygen atoms in total. The molecule has 3 rings (SSSR count). The molecule has 7 heteroatoms. The number of sulfonamides is 1. The fourth-order valence-electron chi connectivity index (χ4n) is 3.63. The summed E-state index contributed by atoms with van der Waals surface area (Å²) in [6.07, 6.45) is 0. The van der Waals surface area contributed by atoms with Crippen molar-refractivity contribution in [2.75, 3.05) is 26.2 Å². The van der Waals surface area contributed by atoms with E-state index < -0.39 is 10.0 Å². The molecule has 0 aliphatic carbocycles. The molecule has 1 amide bonds. The van der Waals surface area contributed by atoms with Gasteiger partial charge in [0.1, 0.15) is 0 Å². The van der Waals surface area contributed by atoms with Crippen molar-refractivity contribution >= 4 is 27.5 Å². The molecule has 150 valence electrons. The van der Waals surface area contributed by atoms with Gasteiger partial charge in [-0.3, -0.25) is 4.79 Å². The van der Waals surface area contributed by atoms with Gasteiger partial charge in [-0.15, -0.1) is 0 Å². The van der Waals surface area contributed by atoms with E-state index >= 15 is 0 Å². The maximum Gasteiger partial charge on any atom is 0.253 e. The molecule has 28 heavy (non-hydrogen) atoms. The Labute approximate surface area is 172 Å². The number of hydrogen-bond donors (Lipinski definition) is 0. The second-order valence-electron chi connectivity index (χ2n) is 7.30. The zero-order chi connectivity index (χ0) is 20.6. The molecule has 1 heterocycles. The normalized spacial score (nSPS) is 15.7. The van der Waals surface area contributed by atoms with E-state index in [2.05, 4.69) is 0 Å². The highest BCUT2D eigenvalue weighted by molar-refractivity contribution is 7.89. The molecule has 0 saturated carbocycles. The average molecular weight is 421 g/mol. The summed E-state index contributed by atoms with van der Waals surface area (Å²) in [5.74, 6) is -0.127. The van der Waals surface area contributed by atoms with Gasteiger partial charge in [0.25, 0.3) is 5.91 Å². The molecule has 0 spiro atoms. The van der Waals surface area contributed by atoms with Crippen LogP contribution >= 0.6 is 11.6 Å². The Balaban J connectivity index is 1.81. The molecule has 2 aromatic rings. The van der Waals surface area contributed by atoms with E-state index in [0.717, 1.165) is 22.3 Å². The van der Waals surface area contributed by atoms with Gasteiger partial charge >= 0.3 is 0 Å². The van der Waals surface area contributed by atoms with E-state index in [9.17, 15) is 13.2 Å². The quantitative estimate of drug-likeness (QED) is 0.760. The van der Waals surface area contributed by atoms with Gasteiger partial charge in [-0.25, -0.2) is 8.42 Å². The number of nitrogens with zero attached hydrogens (tertiary/aromatic N) is 2. The molecule has 0 unspecified atom stereocenters. The molecule has 0 atom stereocenters. The van der Waals surface area contributed by atoms with E-state index in [0.29, 0.717) is 28.6 Å². The van der Waals surface area contributed by atoms with Crippen molar-refractivity contribution in [1.29, 1.82) is 0 Å². The van der Waals surface area contributed by atoms with Crippen molar-refractivity contribution in [3.8, 4) is 0 Å². The number of rotatable bonds is 3. The SMILES string of the molecule is Cc1cc(C)c(C)c(S(=O)(=O)N2CCN(C(=O)c3cccc(Cl)c3)CC2)c1C. The van der Waals surface area contributed by atoms with Gasteiger partial charge < -0.3 is 4.90 Å². The van der Waals surface area contributed by atoms with Crippen LogP contribution in [0, 0.1) is 27.7 Å². The first-order chi connectivity index (χ1) is 13.1. The standard InChI is InChI=1S/C21H25ClN2O3S/c1-14-12-15(2)17(4)20(16(14)3)28(26,27)24-10-8-23(9-11-24)21(25)18-6-5-7-19(22)13-18/h5-7,12-13H,8-11H2,1-4H3. The minimum absolute atomic E-state index is 0.127. The lowest BCUT2D eigenvalue weighted by Crippen LogP contribution is -2.50. The van der Waals surface area contributed by atoms with Gasteiger partial charge in [0, 0.05) is 36.8 Å². The Morgan fingerprint density at radius 1 is 0.929 bits per heavy atom. The summed E-state index contributed by atoms with van der Waals surface area (Å²) in [4.78, 5) is 14.8. The third-order valence-electron chi connectivity index (χ3n) is 5.49. The molecule has 0 aromatic heterocycles. The molecule has 0 N–H and O–H groups in total. The van der Waals surface area contributed by atoms with Crippen LogP contribution in [0.3, 0.4) is 0 Å². The topological polar surface area (TPSA) is 57.7 Å². The zero-order valence-corrected chi connectivity index (χ0v) is 18.2. The van der Waals surface area contributed by atoms with Gasteiger partial charge in [0.05, 0.1) is 4.90 Å². The number of carbonyl (C=O) groups excluding carboxylic acids is 1. The van der Waals surface area contributed by atoms with Crippen LogP contribution in [0.15, 0.2) is 35.2 Å². The lowest BCUT2D eigenvalue weighted by molar-refractivity contribution is 0.0698. The molecule has 0 radical (unpaired) electrons. The van der Waals surface area contributed by atoms with E-state index in [-0.39, 0.29) is 19.0 Å². The van der Waals surface area contributed by atoms with Crippen molar-refractivity contribution in [3.63, 3.8) is 0 Å². The monoisotopic (exact) mass is 420 g/mol. The molecule has 1 fully saturated rings. The second-order valence-corrected chi connectivity index (χ2v) is 9.61. The van der Waals surface area contributed by atoms with Crippen molar-refractivity contribution in [1.82, 2.24) is 9.21 Å². The summed E-state index contributed by atoms with van der Waals surface area (Å²) in [5, 5.41) is 0.507. The Hall–Kier alpha value is -1.89. The maximum absolute atomic E-state index is 13.3. The van der Waals surface area contributed by atoms with Crippen molar-refractivity contribution in [2.45, 2.75) is 32.6 Å². The van der Waals surface area contributed by atoms with E-state index in [1.165, 1.54) is 4.31 Å². The van der Waals surface area contributed by atoms with Gasteiger partial charge in [0.15, 0.2) is 0 Å². The summed E-state index contributed by atoms with van der Waals surface area (Å²) in [6, 6.07) is 8.83. The summed E-state index contributed by atoms with van der Waals surface area (Å²) in [7, 11) is -3.61. The number of piperazine rings is 1. The van der Waals surface area contributed by atoms with Crippen LogP contribution in [0.25, 0.3) is 0 Å². The summed E-state index contributed by atoms with van der Waals surface area (Å²) in [5.41, 5.74) is 4.04. The van der Waals surface area contributed by atoms with Crippen molar-refractivity contribution in [2.24, 2.45) is 0 Å². The average Bonchev–Trinajstić information content (AvgIpc) is 2.66. The largest absolute Gasteiger partial charge is 0.336 e. The minimum atomic E-state index is -3.61. The summed E-state index contributed by atoms with van der Waals surface area (Å²) >= 11 is 5.98. The zero-order valence-electron chi connectivity index (χ0n) is 16.6. The molecule has 1 saturated heterocycles. The molecular formula is C21H25ClN2O3S. The second kappa shape index (κ2) is 7.85. The molecule has 2 aromatic carbocycles. The maximum atomic E-state index is 13.3. The number of hydrogen-bond acceptors (Lipinski definition) is 3. The van der Waals surface area contributed by atoms with Crippen LogP contribution in [0.4, 0.5) is 0 Å². The Morgan fingerprint density at radius 2 is 1.50 bits per heavy atom. The van der Waals surface area contributed by atoms with Crippen LogP contribution in [-0.2, 0) is 10.0 Å². The van der Waals surface area contributed by atoms with Crippen molar-refractivity contribution in [3.05, 3.63) is 63.2 Å². The summed E-state index contributed by atoms with van der Waals surface area (Å²) < 4.78 is 28.1. The smallest absolute Gasteiger partial charge is 0.253 e. The van der Waals surface area contributed by atoms with Gasteiger partial charge in [-0.1, -0.05) is 23.7 Å². The molecule has 1 aliphatic rings. The molecule has 0 bridgehead atoms. The first-order valence-electron chi connectivity index (χ1n) is 9.25. The van der Waals surface area contributed by atoms with Crippen LogP contribution in [0.1, 0.15) is 32.6 Å². The van der Waals surface area contributed by atoms with Crippen LogP contribution in [-0.4, -0.2) is 49.7 Å². The molecular weight excluding hydrogens is 396 g/mol.